The van der Waals surface area contributed by atoms with E-state index in [0.717, 1.165) is 12.1 Å². The van der Waals surface area contributed by atoms with E-state index < -0.39 is 5.97 Å². The van der Waals surface area contributed by atoms with Crippen molar-refractivity contribution in [3.63, 3.8) is 0 Å². The van der Waals surface area contributed by atoms with Gasteiger partial charge in [-0.15, -0.1) is 0 Å². The van der Waals surface area contributed by atoms with Crippen LogP contribution in [0.2, 0.25) is 0 Å². The van der Waals surface area contributed by atoms with Gasteiger partial charge in [0, 0.05) is 31.6 Å². The maximum absolute atomic E-state index is 11.5. The zero-order valence-corrected chi connectivity index (χ0v) is 13.9. The Morgan fingerprint density at radius 1 is 1.50 bits per heavy atom. The molecular weight excluding hydrogens is 310 g/mol. The molecule has 0 bridgehead atoms. The van der Waals surface area contributed by atoms with E-state index in [1.54, 1.807) is 26.2 Å². The lowest BCUT2D eigenvalue weighted by Gasteiger charge is -2.38. The summed E-state index contributed by atoms with van der Waals surface area (Å²) in [5.74, 6) is -0.999. The Morgan fingerprint density at radius 2 is 2.25 bits per heavy atom. The number of nitrogens with one attached hydrogen (secondary N) is 2. The number of carbonyl (C=O) groups excluding carboxylic acids is 1. The molecule has 1 aromatic carbocycles. The van der Waals surface area contributed by atoms with Crippen LogP contribution in [-0.4, -0.2) is 49.8 Å². The van der Waals surface area contributed by atoms with E-state index in [0.29, 0.717) is 30.9 Å². The third-order valence-corrected chi connectivity index (χ3v) is 4.09. The predicted molar refractivity (Wildman–Crippen MR) is 92.5 cm³/mol. The van der Waals surface area contributed by atoms with Gasteiger partial charge in [0.15, 0.2) is 0 Å². The fraction of sp³-hybridized carbons (Fsp3) is 0.412. The topological polar surface area (TPSA) is 90.9 Å². The number of anilines is 2. The molecule has 1 amide bonds. The number of nitrogens with zero attached hydrogens (tertiary/aromatic N) is 1. The van der Waals surface area contributed by atoms with Gasteiger partial charge in [0.05, 0.1) is 23.4 Å². The van der Waals surface area contributed by atoms with E-state index >= 15 is 0 Å². The molecule has 0 aliphatic carbocycles. The van der Waals surface area contributed by atoms with Crippen LogP contribution in [0.5, 0.6) is 0 Å². The lowest BCUT2D eigenvalue weighted by atomic mass is 10.0. The van der Waals surface area contributed by atoms with Gasteiger partial charge < -0.3 is 25.4 Å². The molecule has 0 spiro atoms. The smallest absolute Gasteiger partial charge is 0.337 e. The summed E-state index contributed by atoms with van der Waals surface area (Å²) in [6, 6.07) is 5.23. The molecule has 1 aliphatic heterocycles. The molecule has 1 aliphatic rings. The van der Waals surface area contributed by atoms with Crippen molar-refractivity contribution in [1.29, 1.82) is 0 Å². The molecule has 0 aromatic heterocycles. The number of carbonyl (C=O) groups is 2. The van der Waals surface area contributed by atoms with Crippen LogP contribution in [0.1, 0.15) is 23.7 Å². The Bertz CT molecular complexity index is 632. The van der Waals surface area contributed by atoms with Crippen LogP contribution in [0.4, 0.5) is 11.4 Å². The number of amides is 1. The van der Waals surface area contributed by atoms with Crippen molar-refractivity contribution in [1.82, 2.24) is 5.32 Å². The molecule has 130 valence electrons. The Kier molecular flexibility index (Phi) is 5.81. The summed E-state index contributed by atoms with van der Waals surface area (Å²) in [5.41, 5.74) is 2.19. The second-order valence-corrected chi connectivity index (χ2v) is 5.84. The van der Waals surface area contributed by atoms with Gasteiger partial charge in [0.1, 0.15) is 0 Å². The number of ether oxygens (including phenoxy) is 1. The summed E-state index contributed by atoms with van der Waals surface area (Å²) < 4.78 is 5.46. The molecule has 1 unspecified atom stereocenters. The normalized spacial score (nSPS) is 20.3. The van der Waals surface area contributed by atoms with E-state index in [1.165, 1.54) is 0 Å². The van der Waals surface area contributed by atoms with Crippen LogP contribution < -0.4 is 15.5 Å². The first-order valence-electron chi connectivity index (χ1n) is 7.73. The van der Waals surface area contributed by atoms with Gasteiger partial charge >= 0.3 is 5.97 Å². The molecule has 1 saturated heterocycles. The highest BCUT2D eigenvalue weighted by atomic mass is 16.5. The summed E-state index contributed by atoms with van der Waals surface area (Å²) in [7, 11) is 1.61. The number of methoxy groups -OCH3 is 1. The highest BCUT2D eigenvalue weighted by molar-refractivity contribution is 5.95. The van der Waals surface area contributed by atoms with Crippen LogP contribution in [0, 0.1) is 0 Å². The van der Waals surface area contributed by atoms with Gasteiger partial charge in [-0.25, -0.2) is 4.79 Å². The second-order valence-electron chi connectivity index (χ2n) is 5.84. The number of aromatic carboxylic acids is 1. The average Bonchev–Trinajstić information content (AvgIpc) is 2.55. The monoisotopic (exact) mass is 333 g/mol. The summed E-state index contributed by atoms with van der Waals surface area (Å²) in [6.07, 6.45) is 1.27. The molecule has 1 heterocycles. The largest absolute Gasteiger partial charge is 0.478 e. The summed E-state index contributed by atoms with van der Waals surface area (Å²) in [6.45, 7) is 6.80. The predicted octanol–water partition coefficient (Wildman–Crippen LogP) is 1.67. The number of rotatable bonds is 7. The number of hydrogen-bond donors (Lipinski definition) is 3. The third-order valence-electron chi connectivity index (χ3n) is 4.09. The Balaban J connectivity index is 2.23. The van der Waals surface area contributed by atoms with Crippen LogP contribution in [0.3, 0.4) is 0 Å². The van der Waals surface area contributed by atoms with Crippen molar-refractivity contribution in [2.45, 2.75) is 25.5 Å². The van der Waals surface area contributed by atoms with Crippen molar-refractivity contribution < 1.29 is 19.4 Å². The molecule has 2 rings (SSSR count). The minimum absolute atomic E-state index is 0.0351. The zero-order chi connectivity index (χ0) is 17.7. The number of benzene rings is 1. The fourth-order valence-corrected chi connectivity index (χ4v) is 2.91. The number of carboxylic acid groups (broad SMARTS) is 1. The van der Waals surface area contributed by atoms with E-state index in [1.807, 2.05) is 6.07 Å². The highest BCUT2D eigenvalue weighted by Gasteiger charge is 2.29. The number of piperidine rings is 1. The lowest BCUT2D eigenvalue weighted by Crippen LogP contribution is -2.53. The molecule has 1 aromatic rings. The van der Waals surface area contributed by atoms with Gasteiger partial charge in [0.2, 0.25) is 6.41 Å². The molecule has 3 N–H and O–H groups in total. The van der Waals surface area contributed by atoms with Gasteiger partial charge in [-0.05, 0) is 31.5 Å². The average molecular weight is 333 g/mol. The summed E-state index contributed by atoms with van der Waals surface area (Å²) in [5, 5.41) is 15.2. The van der Waals surface area contributed by atoms with Crippen LogP contribution >= 0.6 is 0 Å². The van der Waals surface area contributed by atoms with Crippen molar-refractivity contribution in [2.24, 2.45) is 0 Å². The number of hydrogen-bond acceptors (Lipinski definition) is 5. The Hall–Kier alpha value is -2.54. The summed E-state index contributed by atoms with van der Waals surface area (Å²) in [4.78, 5) is 24.3. The lowest BCUT2D eigenvalue weighted by molar-refractivity contribution is -0.111. The van der Waals surface area contributed by atoms with E-state index in [9.17, 15) is 14.7 Å². The molecule has 24 heavy (non-hydrogen) atoms. The molecule has 7 heteroatoms. The maximum Gasteiger partial charge on any atom is 0.337 e. The fourth-order valence-electron chi connectivity index (χ4n) is 2.91. The van der Waals surface area contributed by atoms with Crippen molar-refractivity contribution in [3.05, 3.63) is 36.0 Å². The van der Waals surface area contributed by atoms with Gasteiger partial charge in [-0.2, -0.15) is 0 Å². The first-order valence-corrected chi connectivity index (χ1v) is 7.73. The van der Waals surface area contributed by atoms with Gasteiger partial charge in [0.25, 0.3) is 0 Å². The molecule has 7 nitrogen and oxygen atoms in total. The minimum Gasteiger partial charge on any atom is -0.478 e. The molecule has 1 fully saturated rings. The van der Waals surface area contributed by atoms with E-state index in [4.69, 9.17) is 4.74 Å². The number of allylic oxidation sites excluding steroid dienone is 1. The molecular formula is C17H23N3O4. The molecule has 0 radical (unpaired) electrons. The first-order chi connectivity index (χ1) is 11.5. The minimum atomic E-state index is -0.999. The first kappa shape index (κ1) is 17.8. The third kappa shape index (κ3) is 4.05. The zero-order valence-electron chi connectivity index (χ0n) is 13.9. The quantitative estimate of drug-likeness (QED) is 0.658. The summed E-state index contributed by atoms with van der Waals surface area (Å²) >= 11 is 0. The van der Waals surface area contributed by atoms with E-state index in [2.05, 4.69) is 22.1 Å². The number of carboxylic acids is 1. The van der Waals surface area contributed by atoms with Crippen molar-refractivity contribution in [3.8, 4) is 0 Å². The van der Waals surface area contributed by atoms with Crippen molar-refractivity contribution in [2.75, 3.05) is 30.4 Å². The maximum atomic E-state index is 11.5. The van der Waals surface area contributed by atoms with E-state index in [-0.39, 0.29) is 17.7 Å². The molecule has 0 saturated carbocycles. The Labute approximate surface area is 141 Å². The Morgan fingerprint density at radius 3 is 2.83 bits per heavy atom. The van der Waals surface area contributed by atoms with Crippen molar-refractivity contribution >= 4 is 23.8 Å². The van der Waals surface area contributed by atoms with Gasteiger partial charge in [-0.3, -0.25) is 4.79 Å². The van der Waals surface area contributed by atoms with Gasteiger partial charge in [-0.1, -0.05) is 6.58 Å². The van der Waals surface area contributed by atoms with Crippen LogP contribution in [0.25, 0.3) is 0 Å². The standard InChI is InChI=1S/C17H23N3O4/c1-11(2)19-14-5-4-12(8-13(14)17(22)23)20-7-6-15(18-10-21)16(9-20)24-3/h4-5,8,10,15-16,19H,1,6-7,9H2,2-3H3,(H,18,21)(H,22,23)/t15-,16?/m1/s1. The second kappa shape index (κ2) is 7.83. The van der Waals surface area contributed by atoms with Crippen LogP contribution in [-0.2, 0) is 9.53 Å². The SMILES string of the molecule is C=C(C)Nc1ccc(N2CC[C@@H](NC=O)C(OC)C2)cc1C(=O)O. The molecule has 2 atom stereocenters. The highest BCUT2D eigenvalue weighted by Crippen LogP contribution is 2.27. The van der Waals surface area contributed by atoms with Crippen LogP contribution in [0.15, 0.2) is 30.5 Å².